The first-order chi connectivity index (χ1) is 14.7. The van der Waals surface area contributed by atoms with Crippen LogP contribution in [0.5, 0.6) is 17.4 Å². The van der Waals surface area contributed by atoms with Crippen molar-refractivity contribution in [2.24, 2.45) is 0 Å². The van der Waals surface area contributed by atoms with Crippen molar-refractivity contribution in [3.8, 4) is 28.5 Å². The lowest BCUT2D eigenvalue weighted by molar-refractivity contribution is -0.120. The summed E-state index contributed by atoms with van der Waals surface area (Å²) in [5, 5.41) is 11.1. The second-order valence-corrected chi connectivity index (χ2v) is 7.56. The van der Waals surface area contributed by atoms with Crippen molar-refractivity contribution in [1.29, 1.82) is 0 Å². The maximum absolute atomic E-state index is 11.7. The number of aromatic nitrogens is 3. The smallest absolute Gasteiger partial charge is 0.224 e. The summed E-state index contributed by atoms with van der Waals surface area (Å²) in [5.74, 6) is 1.79. The molecule has 1 fully saturated rings. The van der Waals surface area contributed by atoms with E-state index in [9.17, 15) is 9.90 Å². The molecule has 2 heterocycles. The molecule has 6 nitrogen and oxygen atoms in total. The third-order valence-corrected chi connectivity index (χ3v) is 5.64. The highest BCUT2D eigenvalue weighted by molar-refractivity contribution is 5.97. The molecule has 2 aromatic carbocycles. The molecule has 2 aromatic heterocycles. The fraction of sp³-hybridized carbons (Fsp3) is 0.208. The molecule has 5 rings (SSSR count). The Kier molecular flexibility index (Phi) is 4.67. The highest BCUT2D eigenvalue weighted by Crippen LogP contribution is 2.39. The molecular formula is C24H21N3O3. The van der Waals surface area contributed by atoms with Crippen LogP contribution in [0, 0.1) is 0 Å². The zero-order valence-electron chi connectivity index (χ0n) is 16.4. The van der Waals surface area contributed by atoms with Gasteiger partial charge in [0.05, 0.1) is 5.39 Å². The normalized spacial score (nSPS) is 14.9. The van der Waals surface area contributed by atoms with Crippen LogP contribution in [0.25, 0.3) is 22.2 Å². The zero-order valence-corrected chi connectivity index (χ0v) is 16.4. The van der Waals surface area contributed by atoms with E-state index in [2.05, 4.69) is 14.5 Å². The number of rotatable bonds is 4. The van der Waals surface area contributed by atoms with Gasteiger partial charge in [-0.3, -0.25) is 4.79 Å². The van der Waals surface area contributed by atoms with Crippen molar-refractivity contribution >= 4 is 16.8 Å². The van der Waals surface area contributed by atoms with Crippen LogP contribution in [0.1, 0.15) is 31.7 Å². The largest absolute Gasteiger partial charge is 0.493 e. The summed E-state index contributed by atoms with van der Waals surface area (Å²) < 4.78 is 7.97. The average Bonchev–Trinajstić information content (AvgIpc) is 3.17. The molecule has 0 spiro atoms. The van der Waals surface area contributed by atoms with Crippen molar-refractivity contribution in [2.75, 3.05) is 0 Å². The topological polar surface area (TPSA) is 77.2 Å². The molecule has 1 aliphatic rings. The highest BCUT2D eigenvalue weighted by Gasteiger charge is 2.24. The number of fused-ring (bicyclic) bond motifs is 1. The Balaban J connectivity index is 1.51. The van der Waals surface area contributed by atoms with E-state index in [1.165, 1.54) is 6.33 Å². The van der Waals surface area contributed by atoms with Gasteiger partial charge in [0.25, 0.3) is 0 Å². The average molecular weight is 399 g/mol. The number of para-hydroxylation sites is 1. The molecule has 150 valence electrons. The highest BCUT2D eigenvalue weighted by atomic mass is 16.5. The first-order valence-electron chi connectivity index (χ1n) is 10.1. The summed E-state index contributed by atoms with van der Waals surface area (Å²) in [6.45, 7) is 0. The fourth-order valence-electron chi connectivity index (χ4n) is 4.10. The van der Waals surface area contributed by atoms with E-state index < -0.39 is 0 Å². The number of Topliss-reactive ketones (excluding diaryl/α,β-unsaturated/α-hetero) is 1. The summed E-state index contributed by atoms with van der Waals surface area (Å²) in [6, 6.07) is 17.6. The van der Waals surface area contributed by atoms with E-state index in [0.717, 1.165) is 35.5 Å². The Morgan fingerprint density at radius 2 is 1.63 bits per heavy atom. The number of aromatic hydroxyl groups is 1. The van der Waals surface area contributed by atoms with Gasteiger partial charge in [-0.2, -0.15) is 0 Å². The van der Waals surface area contributed by atoms with Gasteiger partial charge in [-0.25, -0.2) is 9.97 Å². The summed E-state index contributed by atoms with van der Waals surface area (Å²) in [4.78, 5) is 20.1. The van der Waals surface area contributed by atoms with Gasteiger partial charge >= 0.3 is 0 Å². The lowest BCUT2D eigenvalue weighted by Crippen LogP contribution is -2.17. The summed E-state index contributed by atoms with van der Waals surface area (Å²) >= 11 is 0. The molecular weight excluding hydrogens is 378 g/mol. The molecule has 1 N–H and O–H groups in total. The number of hydrogen-bond acceptors (Lipinski definition) is 5. The summed E-state index contributed by atoms with van der Waals surface area (Å²) in [6.07, 6.45) is 6.15. The third-order valence-electron chi connectivity index (χ3n) is 5.64. The van der Waals surface area contributed by atoms with Gasteiger partial charge in [-0.05, 0) is 42.7 Å². The minimum Gasteiger partial charge on any atom is -0.493 e. The molecule has 6 heteroatoms. The molecule has 0 radical (unpaired) electrons. The Morgan fingerprint density at radius 1 is 0.933 bits per heavy atom. The summed E-state index contributed by atoms with van der Waals surface area (Å²) in [5.41, 5.74) is 2.50. The van der Waals surface area contributed by atoms with Crippen molar-refractivity contribution in [1.82, 2.24) is 14.5 Å². The van der Waals surface area contributed by atoms with Crippen molar-refractivity contribution < 1.29 is 14.6 Å². The number of carbonyl (C=O) groups is 1. The monoisotopic (exact) mass is 399 g/mol. The first-order valence-corrected chi connectivity index (χ1v) is 10.1. The van der Waals surface area contributed by atoms with E-state index in [1.807, 2.05) is 60.8 Å². The quantitative estimate of drug-likeness (QED) is 0.505. The van der Waals surface area contributed by atoms with Gasteiger partial charge in [0.15, 0.2) is 0 Å². The van der Waals surface area contributed by atoms with Gasteiger partial charge < -0.3 is 14.4 Å². The molecule has 1 saturated carbocycles. The van der Waals surface area contributed by atoms with E-state index in [0.29, 0.717) is 29.7 Å². The first kappa shape index (κ1) is 18.4. The molecule has 0 bridgehead atoms. The van der Waals surface area contributed by atoms with Crippen LogP contribution in [0.15, 0.2) is 67.1 Å². The molecule has 30 heavy (non-hydrogen) atoms. The molecule has 0 aliphatic heterocycles. The second-order valence-electron chi connectivity index (χ2n) is 7.56. The van der Waals surface area contributed by atoms with Crippen molar-refractivity contribution in [3.05, 3.63) is 67.1 Å². The summed E-state index contributed by atoms with van der Waals surface area (Å²) in [7, 11) is 0. The zero-order chi connectivity index (χ0) is 20.5. The standard InChI is InChI=1S/C24H21N3O3/c28-18-10-8-17(9-11-18)27-14-21(22-23(27)25-15-26-24(22)29)16-6-12-20(13-7-16)30-19-4-2-1-3-5-19/h1-7,12-15,17H,8-11H2,(H,25,26,29). The minimum absolute atomic E-state index is 0.0368. The predicted molar refractivity (Wildman–Crippen MR) is 114 cm³/mol. The van der Waals surface area contributed by atoms with Crippen LogP contribution >= 0.6 is 0 Å². The Morgan fingerprint density at radius 3 is 2.37 bits per heavy atom. The molecule has 0 unspecified atom stereocenters. The van der Waals surface area contributed by atoms with E-state index in [-0.39, 0.29) is 11.9 Å². The maximum Gasteiger partial charge on any atom is 0.224 e. The Bertz CT molecular complexity index is 1190. The second kappa shape index (κ2) is 7.63. The van der Waals surface area contributed by atoms with Crippen LogP contribution in [0.4, 0.5) is 0 Å². The lowest BCUT2D eigenvalue weighted by atomic mass is 9.94. The van der Waals surface area contributed by atoms with E-state index >= 15 is 0 Å². The number of carbonyl (C=O) groups excluding carboxylic acids is 1. The minimum atomic E-state index is -0.0368. The fourth-order valence-corrected chi connectivity index (χ4v) is 4.10. The molecule has 0 saturated heterocycles. The van der Waals surface area contributed by atoms with Crippen LogP contribution in [-0.4, -0.2) is 25.4 Å². The number of ether oxygens (including phenoxy) is 1. The molecule has 0 atom stereocenters. The van der Waals surface area contributed by atoms with E-state index in [4.69, 9.17) is 4.74 Å². The number of benzene rings is 2. The van der Waals surface area contributed by atoms with Crippen LogP contribution in [0.3, 0.4) is 0 Å². The van der Waals surface area contributed by atoms with Crippen LogP contribution in [0.2, 0.25) is 0 Å². The van der Waals surface area contributed by atoms with Gasteiger partial charge in [0, 0.05) is 30.6 Å². The predicted octanol–water partition coefficient (Wildman–Crippen LogP) is 5.28. The van der Waals surface area contributed by atoms with Gasteiger partial charge in [-0.15, -0.1) is 0 Å². The maximum atomic E-state index is 11.7. The Hall–Kier alpha value is -3.67. The van der Waals surface area contributed by atoms with Gasteiger partial charge in [0.1, 0.15) is 29.3 Å². The van der Waals surface area contributed by atoms with E-state index in [1.54, 1.807) is 0 Å². The van der Waals surface area contributed by atoms with Crippen LogP contribution < -0.4 is 4.74 Å². The van der Waals surface area contributed by atoms with Crippen LogP contribution in [-0.2, 0) is 4.79 Å². The number of ketones is 1. The molecule has 0 amide bonds. The van der Waals surface area contributed by atoms with Gasteiger partial charge in [-0.1, -0.05) is 30.3 Å². The van der Waals surface area contributed by atoms with Crippen molar-refractivity contribution in [3.63, 3.8) is 0 Å². The molecule has 4 aromatic rings. The number of nitrogens with zero attached hydrogens (tertiary/aromatic N) is 3. The Labute approximate surface area is 173 Å². The molecule has 1 aliphatic carbocycles. The van der Waals surface area contributed by atoms with Gasteiger partial charge in [0.2, 0.25) is 5.88 Å². The SMILES string of the molecule is O=C1CCC(n2cc(-c3ccc(Oc4ccccc4)cc3)c3c(O)ncnc32)CC1. The number of hydrogen-bond donors (Lipinski definition) is 1. The van der Waals surface area contributed by atoms with Crippen molar-refractivity contribution in [2.45, 2.75) is 31.7 Å². The lowest BCUT2D eigenvalue weighted by Gasteiger charge is -2.23. The third kappa shape index (κ3) is 3.41.